The van der Waals surface area contributed by atoms with Crippen LogP contribution in [0.15, 0.2) is 22.7 Å². The first kappa shape index (κ1) is 16.2. The van der Waals surface area contributed by atoms with E-state index >= 15 is 0 Å². The van der Waals surface area contributed by atoms with Crippen LogP contribution in [0, 0.1) is 6.92 Å². The van der Waals surface area contributed by atoms with Gasteiger partial charge >= 0.3 is 6.18 Å². The van der Waals surface area contributed by atoms with E-state index in [-0.39, 0.29) is 0 Å². The average Bonchev–Trinajstić information content (AvgIpc) is 2.59. The van der Waals surface area contributed by atoms with Gasteiger partial charge in [0.1, 0.15) is 5.15 Å². The molecule has 1 heterocycles. The molecule has 0 saturated heterocycles. The number of nitrogens with one attached hydrogen (secondary N) is 1. The first-order valence-corrected chi connectivity index (χ1v) is 7.15. The van der Waals surface area contributed by atoms with Gasteiger partial charge in [-0.1, -0.05) is 27.5 Å². The van der Waals surface area contributed by atoms with Crippen molar-refractivity contribution >= 4 is 33.2 Å². The maximum Gasteiger partial charge on any atom is 0.416 e. The highest BCUT2D eigenvalue weighted by molar-refractivity contribution is 9.10. The number of aromatic nitrogens is 2. The Hall–Kier alpha value is -1.21. The Labute approximate surface area is 133 Å². The van der Waals surface area contributed by atoms with Gasteiger partial charge in [0.05, 0.1) is 11.3 Å². The van der Waals surface area contributed by atoms with E-state index in [1.165, 1.54) is 4.68 Å². The van der Waals surface area contributed by atoms with Gasteiger partial charge in [-0.15, -0.1) is 0 Å². The molecule has 2 rings (SSSR count). The molecular formula is C13H12BrClF3N3. The van der Waals surface area contributed by atoms with E-state index in [0.717, 1.165) is 23.4 Å². The molecule has 21 heavy (non-hydrogen) atoms. The van der Waals surface area contributed by atoms with Gasteiger partial charge in [-0.3, -0.25) is 4.68 Å². The van der Waals surface area contributed by atoms with Crippen molar-refractivity contribution in [2.75, 3.05) is 5.32 Å². The summed E-state index contributed by atoms with van der Waals surface area (Å²) in [5.74, 6) is 0. The summed E-state index contributed by atoms with van der Waals surface area (Å²) in [4.78, 5) is 0. The van der Waals surface area contributed by atoms with Crippen LogP contribution in [0.4, 0.5) is 18.9 Å². The molecule has 0 radical (unpaired) electrons. The number of aryl methyl sites for hydroxylation is 2. The molecule has 0 spiro atoms. The number of benzene rings is 1. The van der Waals surface area contributed by atoms with E-state index < -0.39 is 11.7 Å². The van der Waals surface area contributed by atoms with Gasteiger partial charge in [-0.2, -0.15) is 18.3 Å². The summed E-state index contributed by atoms with van der Waals surface area (Å²) >= 11 is 9.17. The number of hydrogen-bond acceptors (Lipinski definition) is 2. The molecule has 114 valence electrons. The summed E-state index contributed by atoms with van der Waals surface area (Å²) in [7, 11) is 1.71. The molecule has 0 fully saturated rings. The molecule has 0 unspecified atom stereocenters. The van der Waals surface area contributed by atoms with Crippen LogP contribution in [0.1, 0.15) is 16.8 Å². The van der Waals surface area contributed by atoms with Crippen molar-refractivity contribution in [1.82, 2.24) is 9.78 Å². The van der Waals surface area contributed by atoms with E-state index in [2.05, 4.69) is 26.3 Å². The lowest BCUT2D eigenvalue weighted by molar-refractivity contribution is -0.137. The monoisotopic (exact) mass is 381 g/mol. The molecule has 1 aromatic carbocycles. The molecule has 3 nitrogen and oxygen atoms in total. The van der Waals surface area contributed by atoms with Gasteiger partial charge in [0, 0.05) is 29.3 Å². The smallest absolute Gasteiger partial charge is 0.381 e. The lowest BCUT2D eigenvalue weighted by Crippen LogP contribution is -2.07. The van der Waals surface area contributed by atoms with Crippen LogP contribution in [0.25, 0.3) is 0 Å². The zero-order valence-electron chi connectivity index (χ0n) is 11.2. The molecule has 0 atom stereocenters. The van der Waals surface area contributed by atoms with Gasteiger partial charge in [-0.05, 0) is 25.1 Å². The molecule has 0 amide bonds. The third kappa shape index (κ3) is 3.71. The van der Waals surface area contributed by atoms with E-state index in [9.17, 15) is 13.2 Å². The van der Waals surface area contributed by atoms with E-state index in [1.807, 2.05) is 0 Å². The fourth-order valence-electron chi connectivity index (χ4n) is 1.92. The van der Waals surface area contributed by atoms with Crippen LogP contribution < -0.4 is 5.32 Å². The molecule has 8 heteroatoms. The molecule has 1 N–H and O–H groups in total. The first-order chi connectivity index (χ1) is 9.68. The summed E-state index contributed by atoms with van der Waals surface area (Å²) in [5, 5.41) is 7.56. The van der Waals surface area contributed by atoms with Crippen molar-refractivity contribution in [1.29, 1.82) is 0 Å². The van der Waals surface area contributed by atoms with Crippen LogP contribution in [0.2, 0.25) is 5.15 Å². The first-order valence-electron chi connectivity index (χ1n) is 5.98. The topological polar surface area (TPSA) is 29.9 Å². The van der Waals surface area contributed by atoms with E-state index in [1.54, 1.807) is 20.0 Å². The Kier molecular flexibility index (Phi) is 4.53. The molecule has 0 aliphatic carbocycles. The van der Waals surface area contributed by atoms with Gasteiger partial charge in [-0.25, -0.2) is 0 Å². The highest BCUT2D eigenvalue weighted by atomic mass is 79.9. The second-order valence-electron chi connectivity index (χ2n) is 4.56. The number of anilines is 1. The summed E-state index contributed by atoms with van der Waals surface area (Å²) < 4.78 is 40.2. The van der Waals surface area contributed by atoms with Crippen molar-refractivity contribution in [3.8, 4) is 0 Å². The zero-order valence-corrected chi connectivity index (χ0v) is 13.6. The lowest BCUT2D eigenvalue weighted by Gasteiger charge is -2.12. The van der Waals surface area contributed by atoms with Crippen LogP contribution in [0.3, 0.4) is 0 Å². The summed E-state index contributed by atoms with van der Waals surface area (Å²) in [5.41, 5.74) is 1.14. The van der Waals surface area contributed by atoms with Gasteiger partial charge in [0.25, 0.3) is 0 Å². The number of alkyl halides is 3. The zero-order chi connectivity index (χ0) is 15.8. The number of hydrogen-bond donors (Lipinski definition) is 1. The van der Waals surface area contributed by atoms with Crippen LogP contribution in [-0.2, 0) is 19.8 Å². The maximum atomic E-state index is 12.8. The highest BCUT2D eigenvalue weighted by Crippen LogP contribution is 2.33. The van der Waals surface area contributed by atoms with Gasteiger partial charge in [0.15, 0.2) is 0 Å². The standard InChI is InChI=1S/C13H12BrClF3N3/c1-7-11(12(15)21(2)20-7)6-19-10-4-8(13(16,17)18)3-9(14)5-10/h3-5,19H,6H2,1-2H3. The minimum atomic E-state index is -4.39. The Morgan fingerprint density at radius 3 is 2.52 bits per heavy atom. The Balaban J connectivity index is 2.22. The minimum Gasteiger partial charge on any atom is -0.381 e. The molecule has 0 aliphatic rings. The number of halogens is 5. The predicted molar refractivity (Wildman–Crippen MR) is 79.4 cm³/mol. The second kappa shape index (κ2) is 5.88. The van der Waals surface area contributed by atoms with E-state index in [4.69, 9.17) is 11.6 Å². The highest BCUT2D eigenvalue weighted by Gasteiger charge is 2.31. The molecule has 0 bridgehead atoms. The average molecular weight is 383 g/mol. The van der Waals surface area contributed by atoms with Crippen molar-refractivity contribution in [2.45, 2.75) is 19.6 Å². The molecular weight excluding hydrogens is 371 g/mol. The second-order valence-corrected chi connectivity index (χ2v) is 5.83. The maximum absolute atomic E-state index is 12.8. The minimum absolute atomic E-state index is 0.298. The summed E-state index contributed by atoms with van der Waals surface area (Å²) in [6.07, 6.45) is -4.39. The third-order valence-corrected chi connectivity index (χ3v) is 3.89. The lowest BCUT2D eigenvalue weighted by atomic mass is 10.2. The fourth-order valence-corrected chi connectivity index (χ4v) is 2.66. The summed E-state index contributed by atoms with van der Waals surface area (Å²) in [6, 6.07) is 3.67. The van der Waals surface area contributed by atoms with Crippen molar-refractivity contribution in [3.05, 3.63) is 44.6 Å². The van der Waals surface area contributed by atoms with Gasteiger partial charge in [0.2, 0.25) is 0 Å². The van der Waals surface area contributed by atoms with Crippen molar-refractivity contribution < 1.29 is 13.2 Å². The van der Waals surface area contributed by atoms with Crippen molar-refractivity contribution in [2.24, 2.45) is 7.05 Å². The quantitative estimate of drug-likeness (QED) is 0.828. The van der Waals surface area contributed by atoms with Crippen LogP contribution in [0.5, 0.6) is 0 Å². The molecule has 1 aromatic heterocycles. The van der Waals surface area contributed by atoms with Crippen LogP contribution >= 0.6 is 27.5 Å². The summed E-state index contributed by atoms with van der Waals surface area (Å²) in [6.45, 7) is 2.09. The normalized spacial score (nSPS) is 11.8. The van der Waals surface area contributed by atoms with Crippen LogP contribution in [-0.4, -0.2) is 9.78 Å². The Morgan fingerprint density at radius 1 is 1.33 bits per heavy atom. The molecule has 2 aromatic rings. The Bertz CT molecular complexity index is 667. The Morgan fingerprint density at radius 2 is 2.00 bits per heavy atom. The van der Waals surface area contributed by atoms with Gasteiger partial charge < -0.3 is 5.32 Å². The molecule has 0 saturated carbocycles. The largest absolute Gasteiger partial charge is 0.416 e. The van der Waals surface area contributed by atoms with Crippen molar-refractivity contribution in [3.63, 3.8) is 0 Å². The fraction of sp³-hybridized carbons (Fsp3) is 0.308. The van der Waals surface area contributed by atoms with E-state index in [0.29, 0.717) is 21.9 Å². The molecule has 0 aliphatic heterocycles. The number of rotatable bonds is 3. The third-order valence-electron chi connectivity index (χ3n) is 2.96. The number of nitrogens with zero attached hydrogens (tertiary/aromatic N) is 2. The predicted octanol–water partition coefficient (Wildman–Crippen LogP) is 4.78. The SMILES string of the molecule is Cc1nn(C)c(Cl)c1CNc1cc(Br)cc(C(F)(F)F)c1.